The van der Waals surface area contributed by atoms with Crippen LogP contribution in [0, 0.1) is 0 Å². The standard InChI is InChI=1S/C10H11N3O/c1-6(14)10-12-8-5-7(11)3-4-9(8)13(10)2/h3-5H,11H2,1-2H3. The highest BCUT2D eigenvalue weighted by Crippen LogP contribution is 2.17. The summed E-state index contributed by atoms with van der Waals surface area (Å²) in [7, 11) is 1.82. The number of carbonyl (C=O) groups is 1. The summed E-state index contributed by atoms with van der Waals surface area (Å²) in [6.07, 6.45) is 0. The Bertz CT molecular complexity index is 513. The van der Waals surface area contributed by atoms with Gasteiger partial charge in [0.25, 0.3) is 0 Å². The number of nitrogens with zero attached hydrogens (tertiary/aromatic N) is 2. The molecule has 2 rings (SSSR count). The number of imidazole rings is 1. The Kier molecular flexibility index (Phi) is 1.77. The zero-order chi connectivity index (χ0) is 10.3. The van der Waals surface area contributed by atoms with Gasteiger partial charge in [0.15, 0.2) is 11.6 Å². The van der Waals surface area contributed by atoms with Crippen LogP contribution in [-0.2, 0) is 7.05 Å². The van der Waals surface area contributed by atoms with Crippen LogP contribution in [-0.4, -0.2) is 15.3 Å². The number of hydrogen-bond acceptors (Lipinski definition) is 3. The minimum absolute atomic E-state index is 0.0396. The Balaban J connectivity index is 2.79. The highest BCUT2D eigenvalue weighted by molar-refractivity contribution is 5.95. The molecular formula is C10H11N3O. The highest BCUT2D eigenvalue weighted by Gasteiger charge is 2.10. The minimum atomic E-state index is -0.0396. The van der Waals surface area contributed by atoms with Crippen LogP contribution in [0.5, 0.6) is 0 Å². The molecule has 0 unspecified atom stereocenters. The Morgan fingerprint density at radius 1 is 1.50 bits per heavy atom. The number of aromatic nitrogens is 2. The lowest BCUT2D eigenvalue weighted by Crippen LogP contribution is -2.02. The van der Waals surface area contributed by atoms with Crippen molar-refractivity contribution in [3.63, 3.8) is 0 Å². The molecular weight excluding hydrogens is 178 g/mol. The second kappa shape index (κ2) is 2.83. The number of aryl methyl sites for hydroxylation is 1. The number of fused-ring (bicyclic) bond motifs is 1. The van der Waals surface area contributed by atoms with Crippen molar-refractivity contribution in [2.24, 2.45) is 7.05 Å². The number of nitrogen functional groups attached to an aromatic ring is 1. The van der Waals surface area contributed by atoms with Gasteiger partial charge in [-0.15, -0.1) is 0 Å². The van der Waals surface area contributed by atoms with Gasteiger partial charge >= 0.3 is 0 Å². The molecule has 1 aromatic carbocycles. The van der Waals surface area contributed by atoms with Crippen molar-refractivity contribution in [2.75, 3.05) is 5.73 Å². The Morgan fingerprint density at radius 3 is 2.86 bits per heavy atom. The van der Waals surface area contributed by atoms with E-state index >= 15 is 0 Å². The predicted molar refractivity (Wildman–Crippen MR) is 55.1 cm³/mol. The molecule has 4 nitrogen and oxygen atoms in total. The molecule has 2 aromatic rings. The van der Waals surface area contributed by atoms with Gasteiger partial charge in [0.2, 0.25) is 0 Å². The lowest BCUT2D eigenvalue weighted by atomic mass is 10.3. The SMILES string of the molecule is CC(=O)c1nc2cc(N)ccc2n1C. The van der Waals surface area contributed by atoms with E-state index in [-0.39, 0.29) is 5.78 Å². The van der Waals surface area contributed by atoms with Crippen molar-refractivity contribution >= 4 is 22.5 Å². The quantitative estimate of drug-likeness (QED) is 0.544. The summed E-state index contributed by atoms with van der Waals surface area (Å²) in [5.41, 5.74) is 7.97. The van der Waals surface area contributed by atoms with Crippen LogP contribution in [0.4, 0.5) is 5.69 Å². The molecule has 0 aliphatic rings. The van der Waals surface area contributed by atoms with Gasteiger partial charge in [-0.25, -0.2) is 4.98 Å². The number of anilines is 1. The summed E-state index contributed by atoms with van der Waals surface area (Å²) in [6.45, 7) is 1.50. The average Bonchev–Trinajstić information content (AvgIpc) is 2.43. The maximum Gasteiger partial charge on any atom is 0.195 e. The molecule has 4 heteroatoms. The molecule has 1 aromatic heterocycles. The monoisotopic (exact) mass is 189 g/mol. The Morgan fingerprint density at radius 2 is 2.21 bits per heavy atom. The second-order valence-corrected chi connectivity index (χ2v) is 3.30. The number of Topliss-reactive ketones (excluding diaryl/α,β-unsaturated/α-hetero) is 1. The Labute approximate surface area is 81.3 Å². The highest BCUT2D eigenvalue weighted by atomic mass is 16.1. The zero-order valence-electron chi connectivity index (χ0n) is 8.11. The third kappa shape index (κ3) is 1.16. The van der Waals surface area contributed by atoms with Crippen molar-refractivity contribution in [2.45, 2.75) is 6.92 Å². The van der Waals surface area contributed by atoms with Crippen LogP contribution in [0.2, 0.25) is 0 Å². The molecule has 0 aliphatic heterocycles. The molecule has 72 valence electrons. The molecule has 0 atom stereocenters. The van der Waals surface area contributed by atoms with Gasteiger partial charge in [-0.1, -0.05) is 0 Å². The van der Waals surface area contributed by atoms with Crippen LogP contribution in [0.3, 0.4) is 0 Å². The van der Waals surface area contributed by atoms with Crippen LogP contribution < -0.4 is 5.73 Å². The fourth-order valence-corrected chi connectivity index (χ4v) is 1.53. The molecule has 0 aliphatic carbocycles. The normalized spacial score (nSPS) is 10.7. The van der Waals surface area contributed by atoms with Crippen LogP contribution in [0.25, 0.3) is 11.0 Å². The van der Waals surface area contributed by atoms with Crippen LogP contribution in [0.15, 0.2) is 18.2 Å². The molecule has 2 N–H and O–H groups in total. The summed E-state index contributed by atoms with van der Waals surface area (Å²) >= 11 is 0. The van der Waals surface area contributed by atoms with Gasteiger partial charge in [-0.3, -0.25) is 4.79 Å². The first kappa shape index (κ1) is 8.74. The fraction of sp³-hybridized carbons (Fsp3) is 0.200. The number of nitrogens with two attached hydrogens (primary N) is 1. The molecule has 0 spiro atoms. The van der Waals surface area contributed by atoms with E-state index in [1.807, 2.05) is 13.1 Å². The molecule has 0 fully saturated rings. The summed E-state index contributed by atoms with van der Waals surface area (Å²) in [5.74, 6) is 0.424. The van der Waals surface area contributed by atoms with E-state index in [9.17, 15) is 4.79 Å². The first-order valence-electron chi connectivity index (χ1n) is 4.32. The molecule has 0 amide bonds. The zero-order valence-corrected chi connectivity index (χ0v) is 8.11. The van der Waals surface area contributed by atoms with E-state index in [1.165, 1.54) is 6.92 Å². The third-order valence-electron chi connectivity index (χ3n) is 2.22. The molecule has 0 radical (unpaired) electrons. The van der Waals surface area contributed by atoms with Crippen molar-refractivity contribution in [3.8, 4) is 0 Å². The average molecular weight is 189 g/mol. The third-order valence-corrected chi connectivity index (χ3v) is 2.22. The first-order chi connectivity index (χ1) is 6.59. The summed E-state index contributed by atoms with van der Waals surface area (Å²) in [5, 5.41) is 0. The van der Waals surface area contributed by atoms with Crippen molar-refractivity contribution in [1.82, 2.24) is 9.55 Å². The fourth-order valence-electron chi connectivity index (χ4n) is 1.53. The summed E-state index contributed by atoms with van der Waals surface area (Å²) in [6, 6.07) is 5.43. The van der Waals surface area contributed by atoms with E-state index in [1.54, 1.807) is 16.7 Å². The summed E-state index contributed by atoms with van der Waals surface area (Å²) < 4.78 is 1.77. The molecule has 0 saturated carbocycles. The van der Waals surface area contributed by atoms with Gasteiger partial charge in [-0.05, 0) is 18.2 Å². The number of benzene rings is 1. The lowest BCUT2D eigenvalue weighted by Gasteiger charge is -1.97. The number of rotatable bonds is 1. The molecule has 1 heterocycles. The number of hydrogen-bond donors (Lipinski definition) is 1. The van der Waals surface area contributed by atoms with Gasteiger partial charge in [0.1, 0.15) is 0 Å². The van der Waals surface area contributed by atoms with E-state index in [4.69, 9.17) is 5.73 Å². The van der Waals surface area contributed by atoms with Crippen LogP contribution >= 0.6 is 0 Å². The molecule has 14 heavy (non-hydrogen) atoms. The molecule has 0 saturated heterocycles. The Hall–Kier alpha value is -1.84. The predicted octanol–water partition coefficient (Wildman–Crippen LogP) is 1.36. The number of carbonyl (C=O) groups excluding carboxylic acids is 1. The molecule has 0 bridgehead atoms. The largest absolute Gasteiger partial charge is 0.399 e. The van der Waals surface area contributed by atoms with Crippen molar-refractivity contribution in [1.29, 1.82) is 0 Å². The first-order valence-corrected chi connectivity index (χ1v) is 4.32. The van der Waals surface area contributed by atoms with Crippen molar-refractivity contribution in [3.05, 3.63) is 24.0 Å². The van der Waals surface area contributed by atoms with Gasteiger partial charge in [-0.2, -0.15) is 0 Å². The maximum atomic E-state index is 11.2. The lowest BCUT2D eigenvalue weighted by molar-refractivity contribution is 0.100. The van der Waals surface area contributed by atoms with E-state index in [0.717, 1.165) is 11.0 Å². The maximum absolute atomic E-state index is 11.2. The van der Waals surface area contributed by atoms with E-state index in [0.29, 0.717) is 11.5 Å². The minimum Gasteiger partial charge on any atom is -0.399 e. The van der Waals surface area contributed by atoms with Crippen LogP contribution in [0.1, 0.15) is 17.5 Å². The van der Waals surface area contributed by atoms with Gasteiger partial charge in [0.05, 0.1) is 11.0 Å². The van der Waals surface area contributed by atoms with E-state index < -0.39 is 0 Å². The smallest absolute Gasteiger partial charge is 0.195 e. The van der Waals surface area contributed by atoms with Crippen molar-refractivity contribution < 1.29 is 4.79 Å². The summed E-state index contributed by atoms with van der Waals surface area (Å²) in [4.78, 5) is 15.4. The van der Waals surface area contributed by atoms with E-state index in [2.05, 4.69) is 4.98 Å². The second-order valence-electron chi connectivity index (χ2n) is 3.30. The topological polar surface area (TPSA) is 60.9 Å². The van der Waals surface area contributed by atoms with Gasteiger partial charge in [0, 0.05) is 19.7 Å². The van der Waals surface area contributed by atoms with Gasteiger partial charge < -0.3 is 10.3 Å². The number of ketones is 1.